The summed E-state index contributed by atoms with van der Waals surface area (Å²) in [5.41, 5.74) is 3.12. The summed E-state index contributed by atoms with van der Waals surface area (Å²) in [6.45, 7) is 10.9. The fourth-order valence-corrected chi connectivity index (χ4v) is 7.64. The van der Waals surface area contributed by atoms with Crippen LogP contribution in [0.2, 0.25) is 5.04 Å². The predicted molar refractivity (Wildman–Crippen MR) is 113 cm³/mol. The van der Waals surface area contributed by atoms with Gasteiger partial charge in [0.2, 0.25) is 8.07 Å². The number of rotatable bonds is 5. The first kappa shape index (κ1) is 20.4. The molecule has 1 N–H and O–H groups in total. The average Bonchev–Trinajstić information content (AvgIpc) is 2.62. The lowest BCUT2D eigenvalue weighted by molar-refractivity contribution is -0.0383. The number of ether oxygens (including phenoxy) is 1. The van der Waals surface area contributed by atoms with Crippen LogP contribution in [0.15, 0.2) is 60.7 Å². The first-order chi connectivity index (χ1) is 12.2. The van der Waals surface area contributed by atoms with E-state index in [0.29, 0.717) is 6.61 Å². The average molecular weight is 367 g/mol. The van der Waals surface area contributed by atoms with Gasteiger partial charge in [-0.15, -0.1) is 5.54 Å². The molecule has 3 heteroatoms. The summed E-state index contributed by atoms with van der Waals surface area (Å²) in [5.74, 6) is 3.30. The van der Waals surface area contributed by atoms with Crippen molar-refractivity contribution in [2.45, 2.75) is 45.3 Å². The van der Waals surface area contributed by atoms with Gasteiger partial charge in [-0.05, 0) is 29.3 Å². The maximum Gasteiger partial charge on any atom is 0.204 e. The van der Waals surface area contributed by atoms with Gasteiger partial charge in [0.15, 0.2) is 0 Å². The summed E-state index contributed by atoms with van der Waals surface area (Å²) in [7, 11) is -2.36. The highest BCUT2D eigenvalue weighted by Gasteiger charge is 2.46. The van der Waals surface area contributed by atoms with Gasteiger partial charge in [-0.3, -0.25) is 0 Å². The van der Waals surface area contributed by atoms with E-state index in [-0.39, 0.29) is 11.6 Å². The van der Waals surface area contributed by atoms with Crippen molar-refractivity contribution >= 4 is 18.4 Å². The number of hydrogen-bond acceptors (Lipinski definition) is 2. The van der Waals surface area contributed by atoms with Crippen LogP contribution >= 0.6 is 0 Å². The van der Waals surface area contributed by atoms with Gasteiger partial charge in [0.05, 0.1) is 12.2 Å². The predicted octanol–water partition coefficient (Wildman–Crippen LogP) is 3.38. The summed E-state index contributed by atoms with van der Waals surface area (Å²) in [6.07, 6.45) is 0. The van der Waals surface area contributed by atoms with E-state index in [1.165, 1.54) is 10.4 Å². The summed E-state index contributed by atoms with van der Waals surface area (Å²) in [5, 5.41) is 12.0. The second-order valence-corrected chi connectivity index (χ2v) is 12.6. The van der Waals surface area contributed by atoms with Gasteiger partial charge in [-0.1, -0.05) is 87.4 Å². The van der Waals surface area contributed by atoms with E-state index in [4.69, 9.17) is 4.74 Å². The third kappa shape index (κ3) is 4.45. The number of aliphatic hydroxyl groups is 1. The minimum absolute atomic E-state index is 0.00913. The molecule has 0 radical (unpaired) electrons. The van der Waals surface area contributed by atoms with Gasteiger partial charge in [0.25, 0.3) is 0 Å². The molecule has 0 bridgehead atoms. The van der Waals surface area contributed by atoms with E-state index < -0.39 is 13.7 Å². The van der Waals surface area contributed by atoms with Crippen molar-refractivity contribution in [3.05, 3.63) is 60.7 Å². The molecule has 2 nitrogen and oxygen atoms in total. The van der Waals surface area contributed by atoms with Crippen molar-refractivity contribution in [1.82, 2.24) is 0 Å². The molecule has 0 unspecified atom stereocenters. The molecule has 138 valence electrons. The molecule has 2 aromatic rings. The van der Waals surface area contributed by atoms with Crippen molar-refractivity contribution < 1.29 is 9.84 Å². The Balaban J connectivity index is 2.55. The van der Waals surface area contributed by atoms with E-state index in [1.807, 2.05) is 13.8 Å². The highest BCUT2D eigenvalue weighted by Crippen LogP contribution is 2.35. The summed E-state index contributed by atoms with van der Waals surface area (Å²) in [6, 6.07) is 21.3. The number of benzene rings is 2. The van der Waals surface area contributed by atoms with Crippen molar-refractivity contribution in [1.29, 1.82) is 0 Å². The Bertz CT molecular complexity index is 710. The minimum Gasteiger partial charge on any atom is -0.393 e. The molecule has 0 spiro atoms. The van der Waals surface area contributed by atoms with Crippen molar-refractivity contribution in [2.75, 3.05) is 13.2 Å². The van der Waals surface area contributed by atoms with Crippen LogP contribution in [0.5, 0.6) is 0 Å². The zero-order valence-electron chi connectivity index (χ0n) is 16.5. The quantitative estimate of drug-likeness (QED) is 0.649. The maximum absolute atomic E-state index is 9.37. The molecule has 0 atom stereocenters. The maximum atomic E-state index is 9.37. The lowest BCUT2D eigenvalue weighted by Crippen LogP contribution is -2.63. The van der Waals surface area contributed by atoms with Crippen LogP contribution in [0.3, 0.4) is 0 Å². The SMILES string of the molecule is CC(C)(CO)OCC#C[Si](c1ccccc1)(c1ccccc1)C(C)(C)C. The Morgan fingerprint density at radius 2 is 1.31 bits per heavy atom. The zero-order chi connectivity index (χ0) is 19.3. The Morgan fingerprint density at radius 1 is 0.846 bits per heavy atom. The van der Waals surface area contributed by atoms with E-state index >= 15 is 0 Å². The lowest BCUT2D eigenvalue weighted by atomic mass is 10.1. The topological polar surface area (TPSA) is 29.5 Å². The van der Waals surface area contributed by atoms with Crippen molar-refractivity contribution in [3.8, 4) is 11.5 Å². The lowest BCUT2D eigenvalue weighted by Gasteiger charge is -2.39. The van der Waals surface area contributed by atoms with Gasteiger partial charge >= 0.3 is 0 Å². The molecule has 2 rings (SSSR count). The van der Waals surface area contributed by atoms with E-state index in [1.54, 1.807) is 0 Å². The van der Waals surface area contributed by atoms with Crippen molar-refractivity contribution in [3.63, 3.8) is 0 Å². The summed E-state index contributed by atoms with van der Waals surface area (Å²) >= 11 is 0. The largest absolute Gasteiger partial charge is 0.393 e. The van der Waals surface area contributed by atoms with Crippen LogP contribution in [-0.4, -0.2) is 32.0 Å². The third-order valence-corrected chi connectivity index (χ3v) is 9.93. The van der Waals surface area contributed by atoms with Crippen molar-refractivity contribution in [2.24, 2.45) is 0 Å². The van der Waals surface area contributed by atoms with Crippen LogP contribution in [0, 0.1) is 11.5 Å². The fraction of sp³-hybridized carbons (Fsp3) is 0.391. The molecule has 0 fully saturated rings. The second kappa shape index (κ2) is 8.22. The summed E-state index contributed by atoms with van der Waals surface area (Å²) < 4.78 is 5.76. The van der Waals surface area contributed by atoms with Gasteiger partial charge in [-0.2, -0.15) is 0 Å². The molecule has 0 aliphatic rings. The van der Waals surface area contributed by atoms with Gasteiger partial charge in [-0.25, -0.2) is 0 Å². The zero-order valence-corrected chi connectivity index (χ0v) is 17.5. The molecule has 26 heavy (non-hydrogen) atoms. The van der Waals surface area contributed by atoms with Crippen LogP contribution < -0.4 is 10.4 Å². The van der Waals surface area contributed by atoms with Crippen LogP contribution in [-0.2, 0) is 4.74 Å². The monoisotopic (exact) mass is 366 g/mol. The molecule has 0 aliphatic carbocycles. The minimum atomic E-state index is -2.36. The van der Waals surface area contributed by atoms with Gasteiger partial charge in [0, 0.05) is 0 Å². The first-order valence-electron chi connectivity index (χ1n) is 9.09. The van der Waals surface area contributed by atoms with E-state index in [0.717, 1.165) is 0 Å². The smallest absolute Gasteiger partial charge is 0.204 e. The first-order valence-corrected chi connectivity index (χ1v) is 11.1. The Hall–Kier alpha value is -1.86. The Morgan fingerprint density at radius 3 is 1.69 bits per heavy atom. The highest BCUT2D eigenvalue weighted by atomic mass is 28.3. The number of aliphatic hydroxyl groups excluding tert-OH is 1. The van der Waals surface area contributed by atoms with Gasteiger partial charge in [0.1, 0.15) is 6.61 Å². The number of hydrogen-bond donors (Lipinski definition) is 1. The standard InChI is InChI=1S/C23H30O2Si/c1-22(2,3)26(20-13-8-6-9-14-20,21-15-10-7-11-16-21)18-12-17-25-23(4,5)19-24/h6-11,13-16,24H,17,19H2,1-5H3. The molecule has 0 aliphatic heterocycles. The van der Waals surface area contributed by atoms with E-state index in [2.05, 4.69) is 92.9 Å². The molecular weight excluding hydrogens is 336 g/mol. The second-order valence-electron chi connectivity index (χ2n) is 8.24. The molecule has 2 aromatic carbocycles. The summed E-state index contributed by atoms with van der Waals surface area (Å²) in [4.78, 5) is 0. The molecule has 0 aromatic heterocycles. The molecule has 0 saturated carbocycles. The van der Waals surface area contributed by atoms with Crippen LogP contribution in [0.4, 0.5) is 0 Å². The van der Waals surface area contributed by atoms with Crippen LogP contribution in [0.1, 0.15) is 34.6 Å². The Kier molecular flexibility index (Phi) is 6.47. The normalized spacial score (nSPS) is 12.4. The molecular formula is C23H30O2Si. The molecule has 0 heterocycles. The fourth-order valence-electron chi connectivity index (χ4n) is 3.19. The molecule has 0 saturated heterocycles. The van der Waals surface area contributed by atoms with E-state index in [9.17, 15) is 5.11 Å². The van der Waals surface area contributed by atoms with Gasteiger partial charge < -0.3 is 9.84 Å². The highest BCUT2D eigenvalue weighted by molar-refractivity contribution is 7.10. The molecule has 0 amide bonds. The Labute approximate surface area is 159 Å². The van der Waals surface area contributed by atoms with Crippen LogP contribution in [0.25, 0.3) is 0 Å². The third-order valence-electron chi connectivity index (χ3n) is 4.73.